The molecule has 1 amide bonds. The fourth-order valence-corrected chi connectivity index (χ4v) is 5.04. The van der Waals surface area contributed by atoms with E-state index in [1.807, 2.05) is 0 Å². The van der Waals surface area contributed by atoms with Crippen LogP contribution in [0.2, 0.25) is 0 Å². The third kappa shape index (κ3) is 5.97. The predicted octanol–water partition coefficient (Wildman–Crippen LogP) is 2.54. The van der Waals surface area contributed by atoms with Crippen LogP contribution >= 0.6 is 0 Å². The number of benzene rings is 1. The molecule has 0 bridgehead atoms. The van der Waals surface area contributed by atoms with Gasteiger partial charge >= 0.3 is 6.09 Å². The molecule has 2 N–H and O–H groups in total. The number of hydrogen-bond acceptors (Lipinski definition) is 5. The van der Waals surface area contributed by atoms with Crippen molar-refractivity contribution in [3.63, 3.8) is 0 Å². The smallest absolute Gasteiger partial charge is 0.405 e. The number of aromatic nitrogens is 1. The topological polar surface area (TPSA) is 109 Å². The average molecular weight is 437 g/mol. The van der Waals surface area contributed by atoms with Crippen molar-refractivity contribution in [3.05, 3.63) is 65.7 Å². The number of hydrogen-bond donors (Lipinski definition) is 2. The van der Waals surface area contributed by atoms with Gasteiger partial charge in [0.15, 0.2) is 0 Å². The SMILES string of the molecule is O=C(O)NC(CS(=O)(=O)N1CCC(OCc2ccccc2F)CC1)c1cccnc1. The van der Waals surface area contributed by atoms with Crippen molar-refractivity contribution in [3.8, 4) is 0 Å². The summed E-state index contributed by atoms with van der Waals surface area (Å²) in [5.41, 5.74) is 0.943. The Morgan fingerprint density at radius 1 is 1.27 bits per heavy atom. The van der Waals surface area contributed by atoms with Crippen molar-refractivity contribution in [2.75, 3.05) is 18.8 Å². The summed E-state index contributed by atoms with van der Waals surface area (Å²) in [7, 11) is -3.71. The second kappa shape index (κ2) is 9.96. The Kier molecular flexibility index (Phi) is 7.35. The van der Waals surface area contributed by atoms with Gasteiger partial charge < -0.3 is 15.2 Å². The quantitative estimate of drug-likeness (QED) is 0.657. The van der Waals surface area contributed by atoms with Gasteiger partial charge in [-0.15, -0.1) is 0 Å². The zero-order valence-electron chi connectivity index (χ0n) is 16.3. The molecule has 0 aliphatic carbocycles. The summed E-state index contributed by atoms with van der Waals surface area (Å²) in [4.78, 5) is 15.1. The lowest BCUT2D eigenvalue weighted by Gasteiger charge is -2.32. The molecule has 3 rings (SSSR count). The fraction of sp³-hybridized carbons (Fsp3) is 0.400. The summed E-state index contributed by atoms with van der Waals surface area (Å²) in [5, 5.41) is 11.3. The molecule has 2 heterocycles. The molecular formula is C20H24FN3O5S. The monoisotopic (exact) mass is 437 g/mol. The van der Waals surface area contributed by atoms with Crippen molar-refractivity contribution in [1.29, 1.82) is 0 Å². The van der Waals surface area contributed by atoms with Gasteiger partial charge in [-0.2, -0.15) is 0 Å². The second-order valence-corrected chi connectivity index (χ2v) is 9.08. The third-order valence-corrected chi connectivity index (χ3v) is 6.89. The Bertz CT molecular complexity index is 950. The van der Waals surface area contributed by atoms with Gasteiger partial charge in [0.05, 0.1) is 24.5 Å². The lowest BCUT2D eigenvalue weighted by molar-refractivity contribution is 0.00901. The van der Waals surface area contributed by atoms with Crippen molar-refractivity contribution in [2.24, 2.45) is 0 Å². The van der Waals surface area contributed by atoms with Gasteiger partial charge in [-0.25, -0.2) is 21.9 Å². The van der Waals surface area contributed by atoms with Crippen LogP contribution in [-0.4, -0.2) is 53.9 Å². The molecule has 162 valence electrons. The van der Waals surface area contributed by atoms with E-state index in [0.717, 1.165) is 0 Å². The number of nitrogens with one attached hydrogen (secondary N) is 1. The van der Waals surface area contributed by atoms with Gasteiger partial charge in [0.25, 0.3) is 0 Å². The minimum absolute atomic E-state index is 0.135. The molecule has 10 heteroatoms. The maximum atomic E-state index is 13.7. The number of amides is 1. The fourth-order valence-electron chi connectivity index (χ4n) is 3.37. The molecule has 1 aliphatic rings. The summed E-state index contributed by atoms with van der Waals surface area (Å²) in [6.45, 7) is 0.657. The van der Waals surface area contributed by atoms with Crippen LogP contribution in [0.3, 0.4) is 0 Å². The molecule has 0 saturated carbocycles. The standard InChI is InChI=1S/C20H24FN3O5S/c21-18-6-2-1-4-16(18)13-29-17-7-10-24(11-8-17)30(27,28)14-19(23-20(25)26)15-5-3-9-22-12-15/h1-6,9,12,17,19,23H,7-8,10-11,13-14H2,(H,25,26). The van der Waals surface area contributed by atoms with E-state index in [1.165, 1.54) is 22.8 Å². The van der Waals surface area contributed by atoms with Crippen LogP contribution < -0.4 is 5.32 Å². The van der Waals surface area contributed by atoms with E-state index in [4.69, 9.17) is 9.84 Å². The van der Waals surface area contributed by atoms with Crippen LogP contribution in [0.15, 0.2) is 48.8 Å². The first kappa shape index (κ1) is 22.1. The molecule has 0 spiro atoms. The van der Waals surface area contributed by atoms with Crippen molar-refractivity contribution in [1.82, 2.24) is 14.6 Å². The number of piperidine rings is 1. The minimum atomic E-state index is -3.71. The van der Waals surface area contributed by atoms with E-state index >= 15 is 0 Å². The first-order chi connectivity index (χ1) is 14.3. The van der Waals surface area contributed by atoms with Crippen molar-refractivity contribution >= 4 is 16.1 Å². The molecule has 1 aliphatic heterocycles. The first-order valence-electron chi connectivity index (χ1n) is 9.57. The van der Waals surface area contributed by atoms with Gasteiger partial charge in [-0.3, -0.25) is 4.98 Å². The van der Waals surface area contributed by atoms with Crippen LogP contribution in [0.25, 0.3) is 0 Å². The first-order valence-corrected chi connectivity index (χ1v) is 11.2. The highest BCUT2D eigenvalue weighted by Gasteiger charge is 2.31. The number of halogens is 1. The second-order valence-electron chi connectivity index (χ2n) is 7.07. The van der Waals surface area contributed by atoms with E-state index < -0.39 is 27.9 Å². The number of sulfonamides is 1. The maximum absolute atomic E-state index is 13.7. The number of carboxylic acid groups (broad SMARTS) is 1. The summed E-state index contributed by atoms with van der Waals surface area (Å²) < 4.78 is 46.5. The lowest BCUT2D eigenvalue weighted by atomic mass is 10.1. The van der Waals surface area contributed by atoms with E-state index in [0.29, 0.717) is 24.0 Å². The van der Waals surface area contributed by atoms with Crippen LogP contribution in [-0.2, 0) is 21.4 Å². The normalized spacial score (nSPS) is 16.8. The molecule has 1 fully saturated rings. The average Bonchev–Trinajstić information content (AvgIpc) is 2.73. The molecule has 1 atom stereocenters. The van der Waals surface area contributed by atoms with Crippen LogP contribution in [0.5, 0.6) is 0 Å². The number of carbonyl (C=O) groups is 1. The highest BCUT2D eigenvalue weighted by atomic mass is 32.2. The van der Waals surface area contributed by atoms with Crippen molar-refractivity contribution in [2.45, 2.75) is 31.6 Å². The van der Waals surface area contributed by atoms with Crippen LogP contribution in [0.1, 0.15) is 30.0 Å². The predicted molar refractivity (Wildman–Crippen MR) is 108 cm³/mol. The van der Waals surface area contributed by atoms with Gasteiger partial charge in [0.2, 0.25) is 10.0 Å². The van der Waals surface area contributed by atoms with Gasteiger partial charge in [-0.05, 0) is 30.5 Å². The summed E-state index contributed by atoms with van der Waals surface area (Å²) >= 11 is 0. The largest absolute Gasteiger partial charge is 0.465 e. The molecule has 0 radical (unpaired) electrons. The molecule has 30 heavy (non-hydrogen) atoms. The third-order valence-electron chi connectivity index (χ3n) is 4.99. The summed E-state index contributed by atoms with van der Waals surface area (Å²) in [6, 6.07) is 8.71. The summed E-state index contributed by atoms with van der Waals surface area (Å²) in [6.07, 6.45) is 2.47. The number of ether oxygens (including phenoxy) is 1. The Balaban J connectivity index is 1.56. The molecule has 2 aromatic rings. The van der Waals surface area contributed by atoms with Gasteiger partial charge in [0.1, 0.15) is 5.82 Å². The minimum Gasteiger partial charge on any atom is -0.465 e. The van der Waals surface area contributed by atoms with Gasteiger partial charge in [0, 0.05) is 31.0 Å². The summed E-state index contributed by atoms with van der Waals surface area (Å²) in [5.74, 6) is -0.726. The van der Waals surface area contributed by atoms with E-state index in [2.05, 4.69) is 10.3 Å². The number of rotatable bonds is 8. The van der Waals surface area contributed by atoms with Crippen LogP contribution in [0.4, 0.5) is 9.18 Å². The van der Waals surface area contributed by atoms with Crippen molar-refractivity contribution < 1.29 is 27.4 Å². The highest BCUT2D eigenvalue weighted by Crippen LogP contribution is 2.22. The zero-order chi connectivity index (χ0) is 21.6. The highest BCUT2D eigenvalue weighted by molar-refractivity contribution is 7.89. The van der Waals surface area contributed by atoms with E-state index in [9.17, 15) is 17.6 Å². The van der Waals surface area contributed by atoms with E-state index in [1.54, 1.807) is 30.3 Å². The Morgan fingerprint density at radius 3 is 2.63 bits per heavy atom. The molecule has 8 nitrogen and oxygen atoms in total. The molecule has 1 unspecified atom stereocenters. The molecule has 1 aromatic heterocycles. The number of pyridine rings is 1. The van der Waals surface area contributed by atoms with Crippen LogP contribution in [0, 0.1) is 5.82 Å². The molecule has 1 aromatic carbocycles. The number of nitrogens with zero attached hydrogens (tertiary/aromatic N) is 2. The Hall–Kier alpha value is -2.56. The Labute approximate surface area is 174 Å². The van der Waals surface area contributed by atoms with Gasteiger partial charge in [-0.1, -0.05) is 24.3 Å². The molecular weight excluding hydrogens is 413 g/mol. The van der Waals surface area contributed by atoms with E-state index in [-0.39, 0.29) is 31.6 Å². The molecule has 1 saturated heterocycles. The maximum Gasteiger partial charge on any atom is 0.405 e. The lowest BCUT2D eigenvalue weighted by Crippen LogP contribution is -2.44. The Morgan fingerprint density at radius 2 is 2.00 bits per heavy atom. The zero-order valence-corrected chi connectivity index (χ0v) is 17.1.